The first-order valence-corrected chi connectivity index (χ1v) is 8.94. The number of hydrogen-bond donors (Lipinski definition) is 2. The van der Waals surface area contributed by atoms with Crippen LogP contribution in [0.2, 0.25) is 0 Å². The Morgan fingerprint density at radius 2 is 1.80 bits per heavy atom. The molecule has 7 nitrogen and oxygen atoms in total. The van der Waals surface area contributed by atoms with Gasteiger partial charge in [-0.05, 0) is 38.1 Å². The van der Waals surface area contributed by atoms with Gasteiger partial charge in [0.05, 0.1) is 11.1 Å². The molecule has 0 aliphatic rings. The summed E-state index contributed by atoms with van der Waals surface area (Å²) < 4.78 is 28.3. The molecule has 0 unspecified atom stereocenters. The number of ketones is 1. The van der Waals surface area contributed by atoms with Crippen molar-refractivity contribution in [3.8, 4) is 11.3 Å². The lowest BCUT2D eigenvalue weighted by atomic mass is 10.0. The highest BCUT2D eigenvalue weighted by atomic mass is 19.1. The van der Waals surface area contributed by atoms with E-state index in [1.807, 2.05) is 0 Å². The molecule has 2 aromatic carbocycles. The molecule has 1 aromatic heterocycles. The molecule has 1 heterocycles. The number of carboxylic acids is 1. The summed E-state index contributed by atoms with van der Waals surface area (Å²) in [5, 5.41) is 16.1. The maximum absolute atomic E-state index is 13.6. The maximum atomic E-state index is 13.6. The number of aryl methyl sites for hydroxylation is 1. The normalized spacial score (nSPS) is 10.7. The van der Waals surface area contributed by atoms with Crippen LogP contribution in [0.1, 0.15) is 34.6 Å². The second kappa shape index (κ2) is 8.24. The number of carbonyl (C=O) groups excluding carboxylic acids is 1. The van der Waals surface area contributed by atoms with Gasteiger partial charge in [-0.3, -0.25) is 9.59 Å². The van der Waals surface area contributed by atoms with Crippen LogP contribution in [0.4, 0.5) is 20.2 Å². The van der Waals surface area contributed by atoms with E-state index in [4.69, 9.17) is 0 Å². The van der Waals surface area contributed by atoms with Crippen LogP contribution in [0.25, 0.3) is 11.3 Å². The molecule has 0 bridgehead atoms. The molecule has 3 aromatic rings. The first-order valence-electron chi connectivity index (χ1n) is 8.94. The number of carbonyl (C=O) groups is 2. The topological polar surface area (TPSA) is 101 Å². The highest BCUT2D eigenvalue weighted by molar-refractivity contribution is 6.05. The molecule has 3 rings (SSSR count). The second-order valence-electron chi connectivity index (χ2n) is 6.44. The number of carboxylic acid groups (broad SMARTS) is 1. The maximum Gasteiger partial charge on any atom is 0.335 e. The van der Waals surface area contributed by atoms with Gasteiger partial charge in [0.2, 0.25) is 0 Å². The fraction of sp³-hybridized carbons (Fsp3) is 0.143. The van der Waals surface area contributed by atoms with E-state index < -0.39 is 28.9 Å². The Hall–Kier alpha value is -3.88. The molecule has 0 saturated heterocycles. The Morgan fingerprint density at radius 3 is 2.37 bits per heavy atom. The summed E-state index contributed by atoms with van der Waals surface area (Å²) in [6.07, 6.45) is 0. The van der Waals surface area contributed by atoms with Crippen LogP contribution in [-0.4, -0.2) is 26.6 Å². The minimum absolute atomic E-state index is 0.0280. The van der Waals surface area contributed by atoms with Gasteiger partial charge in [0.1, 0.15) is 23.0 Å². The third-order valence-electron chi connectivity index (χ3n) is 4.32. The summed E-state index contributed by atoms with van der Waals surface area (Å²) in [5.74, 6) is -3.42. The summed E-state index contributed by atoms with van der Waals surface area (Å²) in [6, 6.07) is 8.38. The second-order valence-corrected chi connectivity index (χ2v) is 6.44. The van der Waals surface area contributed by atoms with Crippen LogP contribution < -0.4 is 10.9 Å². The first-order chi connectivity index (χ1) is 14.2. The van der Waals surface area contributed by atoms with Crippen molar-refractivity contribution in [3.63, 3.8) is 0 Å². The number of Topliss-reactive ketones (excluding diaryl/α,β-unsaturated/α-hetero) is 1. The predicted octanol–water partition coefficient (Wildman–Crippen LogP) is 3.85. The van der Waals surface area contributed by atoms with Crippen molar-refractivity contribution < 1.29 is 23.5 Å². The van der Waals surface area contributed by atoms with Crippen molar-refractivity contribution >= 4 is 23.1 Å². The highest BCUT2D eigenvalue weighted by Crippen LogP contribution is 2.28. The number of nitrogens with zero attached hydrogens (tertiary/aromatic N) is 2. The molecular weight excluding hydrogens is 396 g/mol. The standard InChI is InChI=1S/C21H17F2N3O4/c1-3-26-20(28)19(24-16-9-14(22)8-15(23)10-16)17(11(2)27)18(25-26)12-5-4-6-13(7-12)21(29)30/h4-10,24H,3H2,1-2H3,(H,29,30). The number of aromatic carboxylic acids is 1. The van der Waals surface area contributed by atoms with Gasteiger partial charge in [0.15, 0.2) is 5.78 Å². The third-order valence-corrected chi connectivity index (χ3v) is 4.32. The third kappa shape index (κ3) is 4.09. The molecule has 0 spiro atoms. The Morgan fingerprint density at radius 1 is 1.13 bits per heavy atom. The zero-order valence-electron chi connectivity index (χ0n) is 16.1. The average Bonchev–Trinajstić information content (AvgIpc) is 2.68. The smallest absolute Gasteiger partial charge is 0.335 e. The number of anilines is 2. The molecule has 0 radical (unpaired) electrons. The average molecular weight is 413 g/mol. The van der Waals surface area contributed by atoms with E-state index in [1.54, 1.807) is 13.0 Å². The van der Waals surface area contributed by atoms with E-state index in [0.29, 0.717) is 11.6 Å². The van der Waals surface area contributed by atoms with Crippen molar-refractivity contribution in [3.05, 3.63) is 75.6 Å². The zero-order valence-corrected chi connectivity index (χ0v) is 16.1. The van der Waals surface area contributed by atoms with E-state index in [9.17, 15) is 28.3 Å². The van der Waals surface area contributed by atoms with Crippen molar-refractivity contribution in [2.45, 2.75) is 20.4 Å². The lowest BCUT2D eigenvalue weighted by molar-refractivity contribution is 0.0696. The van der Waals surface area contributed by atoms with Gasteiger partial charge in [0.25, 0.3) is 5.56 Å². The number of aromatic nitrogens is 2. The van der Waals surface area contributed by atoms with Crippen molar-refractivity contribution in [1.29, 1.82) is 0 Å². The van der Waals surface area contributed by atoms with Crippen LogP contribution in [-0.2, 0) is 6.54 Å². The molecule has 0 saturated carbocycles. The Balaban J connectivity index is 2.30. The van der Waals surface area contributed by atoms with E-state index >= 15 is 0 Å². The summed E-state index contributed by atoms with van der Waals surface area (Å²) in [5.41, 5.74) is -0.698. The van der Waals surface area contributed by atoms with Gasteiger partial charge in [-0.15, -0.1) is 0 Å². The molecular formula is C21H17F2N3O4. The molecule has 30 heavy (non-hydrogen) atoms. The van der Waals surface area contributed by atoms with Crippen LogP contribution in [0.3, 0.4) is 0 Å². The Bertz CT molecular complexity index is 1200. The summed E-state index contributed by atoms with van der Waals surface area (Å²) in [6.45, 7) is 3.02. The van der Waals surface area contributed by atoms with Crippen molar-refractivity contribution in [2.75, 3.05) is 5.32 Å². The van der Waals surface area contributed by atoms with Gasteiger partial charge in [-0.25, -0.2) is 18.3 Å². The lowest BCUT2D eigenvalue weighted by Crippen LogP contribution is -2.28. The quantitative estimate of drug-likeness (QED) is 0.595. The zero-order chi connectivity index (χ0) is 22.0. The predicted molar refractivity (Wildman–Crippen MR) is 106 cm³/mol. The van der Waals surface area contributed by atoms with E-state index in [1.165, 1.54) is 25.1 Å². The molecule has 0 atom stereocenters. The number of benzene rings is 2. The van der Waals surface area contributed by atoms with Gasteiger partial charge in [-0.2, -0.15) is 5.10 Å². The summed E-state index contributed by atoms with van der Waals surface area (Å²) >= 11 is 0. The monoisotopic (exact) mass is 413 g/mol. The number of rotatable bonds is 6. The molecule has 2 N–H and O–H groups in total. The fourth-order valence-corrected chi connectivity index (χ4v) is 3.02. The SMILES string of the molecule is CCn1nc(-c2cccc(C(=O)O)c2)c(C(C)=O)c(Nc2cc(F)cc(F)c2)c1=O. The number of nitrogens with one attached hydrogen (secondary N) is 1. The number of hydrogen-bond acceptors (Lipinski definition) is 5. The van der Waals surface area contributed by atoms with E-state index in [-0.39, 0.29) is 34.7 Å². The number of halogens is 2. The van der Waals surface area contributed by atoms with Gasteiger partial charge >= 0.3 is 5.97 Å². The van der Waals surface area contributed by atoms with Crippen molar-refractivity contribution in [1.82, 2.24) is 9.78 Å². The Labute approximate surface area is 169 Å². The van der Waals surface area contributed by atoms with Gasteiger partial charge in [0, 0.05) is 23.9 Å². The van der Waals surface area contributed by atoms with Gasteiger partial charge in [-0.1, -0.05) is 12.1 Å². The fourth-order valence-electron chi connectivity index (χ4n) is 3.02. The minimum Gasteiger partial charge on any atom is -0.478 e. The molecule has 154 valence electrons. The highest BCUT2D eigenvalue weighted by Gasteiger charge is 2.23. The first kappa shape index (κ1) is 20.8. The molecule has 0 aliphatic carbocycles. The largest absolute Gasteiger partial charge is 0.478 e. The molecule has 0 fully saturated rings. The summed E-state index contributed by atoms with van der Waals surface area (Å²) in [7, 11) is 0. The molecule has 9 heteroatoms. The van der Waals surface area contributed by atoms with E-state index in [0.717, 1.165) is 16.8 Å². The van der Waals surface area contributed by atoms with E-state index in [2.05, 4.69) is 10.4 Å². The van der Waals surface area contributed by atoms with Crippen LogP contribution in [0.15, 0.2) is 47.3 Å². The van der Waals surface area contributed by atoms with Gasteiger partial charge < -0.3 is 10.4 Å². The van der Waals surface area contributed by atoms with Crippen LogP contribution >= 0.6 is 0 Å². The van der Waals surface area contributed by atoms with Crippen LogP contribution in [0.5, 0.6) is 0 Å². The molecule has 0 amide bonds. The lowest BCUT2D eigenvalue weighted by Gasteiger charge is -2.16. The molecule has 0 aliphatic heterocycles. The van der Waals surface area contributed by atoms with Crippen molar-refractivity contribution in [2.24, 2.45) is 0 Å². The van der Waals surface area contributed by atoms with Crippen LogP contribution in [0, 0.1) is 11.6 Å². The summed E-state index contributed by atoms with van der Waals surface area (Å²) in [4.78, 5) is 36.7. The minimum atomic E-state index is -1.17. The Kier molecular flexibility index (Phi) is 5.72.